The SMILES string of the molecule is COc1ccc(OC(F)(F)F)c(N=C=O)c1. The molecule has 0 saturated heterocycles. The van der Waals surface area contributed by atoms with E-state index in [1.54, 1.807) is 0 Å². The lowest BCUT2D eigenvalue weighted by Crippen LogP contribution is -2.17. The third-order valence-corrected chi connectivity index (χ3v) is 1.56. The highest BCUT2D eigenvalue weighted by Crippen LogP contribution is 2.34. The fraction of sp³-hybridized carbons (Fsp3) is 0.222. The number of aliphatic imine (C=N–C) groups is 1. The van der Waals surface area contributed by atoms with Crippen molar-refractivity contribution in [3.05, 3.63) is 18.2 Å². The van der Waals surface area contributed by atoms with Gasteiger partial charge in [0.15, 0.2) is 5.75 Å². The van der Waals surface area contributed by atoms with Gasteiger partial charge < -0.3 is 9.47 Å². The van der Waals surface area contributed by atoms with Gasteiger partial charge in [0.25, 0.3) is 0 Å². The molecular weight excluding hydrogens is 227 g/mol. The van der Waals surface area contributed by atoms with E-state index >= 15 is 0 Å². The number of rotatable bonds is 3. The van der Waals surface area contributed by atoms with Gasteiger partial charge in [-0.25, -0.2) is 4.79 Å². The summed E-state index contributed by atoms with van der Waals surface area (Å²) in [4.78, 5) is 13.1. The summed E-state index contributed by atoms with van der Waals surface area (Å²) < 4.78 is 44.3. The lowest BCUT2D eigenvalue weighted by atomic mass is 10.3. The first-order valence-electron chi connectivity index (χ1n) is 3.98. The van der Waals surface area contributed by atoms with Crippen LogP contribution < -0.4 is 9.47 Å². The minimum atomic E-state index is -4.85. The van der Waals surface area contributed by atoms with Crippen LogP contribution >= 0.6 is 0 Å². The van der Waals surface area contributed by atoms with Crippen LogP contribution in [-0.2, 0) is 4.79 Å². The number of benzene rings is 1. The predicted octanol–water partition coefficient (Wildman–Crippen LogP) is 2.56. The van der Waals surface area contributed by atoms with Crippen molar-refractivity contribution in [2.75, 3.05) is 7.11 Å². The van der Waals surface area contributed by atoms with Gasteiger partial charge in [-0.3, -0.25) is 0 Å². The van der Waals surface area contributed by atoms with E-state index in [0.717, 1.165) is 18.2 Å². The second-order valence-electron chi connectivity index (χ2n) is 2.58. The standard InChI is InChI=1S/C9H6F3NO3/c1-15-6-2-3-8(16-9(10,11)12)7(4-6)13-5-14/h2-4H,1H3. The Hall–Kier alpha value is -2.01. The molecule has 0 atom stereocenters. The van der Waals surface area contributed by atoms with Crippen LogP contribution in [0.4, 0.5) is 18.9 Å². The number of carbonyl (C=O) groups excluding carboxylic acids is 1. The zero-order chi connectivity index (χ0) is 12.2. The Kier molecular flexibility index (Phi) is 3.52. The average Bonchev–Trinajstić information content (AvgIpc) is 2.19. The maximum atomic E-state index is 12.0. The van der Waals surface area contributed by atoms with Gasteiger partial charge in [0.1, 0.15) is 11.4 Å². The molecule has 0 heterocycles. The highest BCUT2D eigenvalue weighted by Gasteiger charge is 2.32. The Morgan fingerprint density at radius 2 is 2.06 bits per heavy atom. The Labute approximate surface area is 88.3 Å². The number of ether oxygens (including phenoxy) is 2. The van der Waals surface area contributed by atoms with Gasteiger partial charge in [-0.05, 0) is 12.1 Å². The van der Waals surface area contributed by atoms with E-state index in [1.165, 1.54) is 13.2 Å². The van der Waals surface area contributed by atoms with Crippen molar-refractivity contribution in [1.29, 1.82) is 0 Å². The van der Waals surface area contributed by atoms with E-state index in [0.29, 0.717) is 0 Å². The fourth-order valence-electron chi connectivity index (χ4n) is 0.972. The van der Waals surface area contributed by atoms with Gasteiger partial charge in [0, 0.05) is 6.07 Å². The number of methoxy groups -OCH3 is 1. The molecule has 0 fully saturated rings. The molecule has 0 spiro atoms. The lowest BCUT2D eigenvalue weighted by Gasteiger charge is -2.11. The molecular formula is C9H6F3NO3. The van der Waals surface area contributed by atoms with Crippen molar-refractivity contribution >= 4 is 11.8 Å². The topological polar surface area (TPSA) is 47.9 Å². The van der Waals surface area contributed by atoms with E-state index < -0.39 is 12.1 Å². The molecule has 0 aliphatic heterocycles. The Morgan fingerprint density at radius 1 is 1.38 bits per heavy atom. The fourth-order valence-corrected chi connectivity index (χ4v) is 0.972. The number of halogens is 3. The molecule has 7 heteroatoms. The Morgan fingerprint density at radius 3 is 2.56 bits per heavy atom. The number of hydrogen-bond acceptors (Lipinski definition) is 4. The summed E-state index contributed by atoms with van der Waals surface area (Å²) in [5, 5.41) is 0. The summed E-state index contributed by atoms with van der Waals surface area (Å²) in [5.74, 6) is -0.333. The summed E-state index contributed by atoms with van der Waals surface area (Å²) in [6.45, 7) is 0. The highest BCUT2D eigenvalue weighted by atomic mass is 19.4. The Balaban J connectivity index is 3.12. The van der Waals surface area contributed by atoms with Crippen molar-refractivity contribution in [2.45, 2.75) is 6.36 Å². The molecule has 0 aliphatic rings. The van der Waals surface area contributed by atoms with Crippen LogP contribution in [0.2, 0.25) is 0 Å². The quantitative estimate of drug-likeness (QED) is 0.595. The molecule has 0 N–H and O–H groups in total. The minimum absolute atomic E-state index is 0.253. The van der Waals surface area contributed by atoms with Crippen LogP contribution in [-0.4, -0.2) is 19.6 Å². The molecule has 0 unspecified atom stereocenters. The molecule has 1 rings (SSSR count). The second-order valence-corrected chi connectivity index (χ2v) is 2.58. The molecule has 0 saturated carbocycles. The number of hydrogen-bond donors (Lipinski definition) is 0. The van der Waals surface area contributed by atoms with Gasteiger partial charge in [0.05, 0.1) is 7.11 Å². The number of nitrogens with zero attached hydrogens (tertiary/aromatic N) is 1. The molecule has 1 aromatic rings. The molecule has 0 aliphatic carbocycles. The smallest absolute Gasteiger partial charge is 0.497 e. The van der Waals surface area contributed by atoms with Crippen LogP contribution in [0.1, 0.15) is 0 Å². The normalized spacial score (nSPS) is 10.5. The average molecular weight is 233 g/mol. The third-order valence-electron chi connectivity index (χ3n) is 1.56. The van der Waals surface area contributed by atoms with Crippen molar-refractivity contribution in [2.24, 2.45) is 4.99 Å². The van der Waals surface area contributed by atoms with E-state index in [1.807, 2.05) is 0 Å². The van der Waals surface area contributed by atoms with Crippen LogP contribution in [0.5, 0.6) is 11.5 Å². The van der Waals surface area contributed by atoms with E-state index in [2.05, 4.69) is 9.73 Å². The van der Waals surface area contributed by atoms with Gasteiger partial charge in [-0.2, -0.15) is 4.99 Å². The summed E-state index contributed by atoms with van der Waals surface area (Å²) in [6.07, 6.45) is -3.71. The van der Waals surface area contributed by atoms with Crippen molar-refractivity contribution < 1.29 is 27.4 Å². The largest absolute Gasteiger partial charge is 0.573 e. The summed E-state index contributed by atoms with van der Waals surface area (Å²) >= 11 is 0. The molecule has 0 radical (unpaired) electrons. The van der Waals surface area contributed by atoms with Crippen LogP contribution in [0.15, 0.2) is 23.2 Å². The van der Waals surface area contributed by atoms with Crippen molar-refractivity contribution in [3.8, 4) is 11.5 Å². The van der Waals surface area contributed by atoms with E-state index in [9.17, 15) is 18.0 Å². The molecule has 0 amide bonds. The minimum Gasteiger partial charge on any atom is -0.497 e. The van der Waals surface area contributed by atoms with Crippen molar-refractivity contribution in [3.63, 3.8) is 0 Å². The molecule has 16 heavy (non-hydrogen) atoms. The molecule has 86 valence electrons. The van der Waals surface area contributed by atoms with Gasteiger partial charge in [0.2, 0.25) is 6.08 Å². The second kappa shape index (κ2) is 4.67. The van der Waals surface area contributed by atoms with Crippen LogP contribution in [0.25, 0.3) is 0 Å². The van der Waals surface area contributed by atoms with E-state index in [-0.39, 0.29) is 11.4 Å². The van der Waals surface area contributed by atoms with Gasteiger partial charge >= 0.3 is 6.36 Å². The predicted molar refractivity (Wildman–Crippen MR) is 47.5 cm³/mol. The first-order valence-corrected chi connectivity index (χ1v) is 3.98. The first-order chi connectivity index (χ1) is 7.46. The molecule has 0 aromatic heterocycles. The lowest BCUT2D eigenvalue weighted by molar-refractivity contribution is -0.274. The molecule has 1 aromatic carbocycles. The first kappa shape index (κ1) is 12.1. The number of alkyl halides is 3. The zero-order valence-electron chi connectivity index (χ0n) is 8.04. The van der Waals surface area contributed by atoms with Gasteiger partial charge in [-0.15, -0.1) is 13.2 Å². The highest BCUT2D eigenvalue weighted by molar-refractivity contribution is 5.60. The summed E-state index contributed by atoms with van der Waals surface area (Å²) in [6, 6.07) is 3.39. The monoisotopic (exact) mass is 233 g/mol. The van der Waals surface area contributed by atoms with Crippen molar-refractivity contribution in [1.82, 2.24) is 0 Å². The number of isocyanates is 1. The van der Waals surface area contributed by atoms with E-state index in [4.69, 9.17) is 4.74 Å². The molecule has 4 nitrogen and oxygen atoms in total. The maximum absolute atomic E-state index is 12.0. The third kappa shape index (κ3) is 3.29. The van der Waals surface area contributed by atoms with Crippen LogP contribution in [0, 0.1) is 0 Å². The summed E-state index contributed by atoms with van der Waals surface area (Å²) in [5.41, 5.74) is -0.299. The molecule has 0 bridgehead atoms. The Bertz CT molecular complexity index is 424. The van der Waals surface area contributed by atoms with Gasteiger partial charge in [-0.1, -0.05) is 0 Å². The maximum Gasteiger partial charge on any atom is 0.573 e. The van der Waals surface area contributed by atoms with Crippen LogP contribution in [0.3, 0.4) is 0 Å². The summed E-state index contributed by atoms with van der Waals surface area (Å²) in [7, 11) is 1.33. The zero-order valence-corrected chi connectivity index (χ0v) is 8.04.